The zero-order chi connectivity index (χ0) is 15.1. The van der Waals surface area contributed by atoms with Gasteiger partial charge in [0.05, 0.1) is 17.4 Å². The molecule has 2 N–H and O–H groups in total. The summed E-state index contributed by atoms with van der Waals surface area (Å²) in [5.41, 5.74) is -0.108. The number of nitrogens with one attached hydrogen (secondary N) is 1. The molecule has 1 aliphatic rings. The van der Waals surface area contributed by atoms with Crippen LogP contribution in [0.2, 0.25) is 5.02 Å². The van der Waals surface area contributed by atoms with Crippen molar-refractivity contribution in [3.8, 4) is 0 Å². The summed E-state index contributed by atoms with van der Waals surface area (Å²) in [5, 5.41) is 13.3. The van der Waals surface area contributed by atoms with Gasteiger partial charge in [0.15, 0.2) is 0 Å². The van der Waals surface area contributed by atoms with Crippen LogP contribution in [-0.4, -0.2) is 29.9 Å². The molecule has 1 amide bonds. The van der Waals surface area contributed by atoms with Crippen molar-refractivity contribution in [2.75, 3.05) is 18.9 Å². The van der Waals surface area contributed by atoms with Crippen LogP contribution < -0.4 is 5.32 Å². The SMILES string of the molecule is O=C(CSc1ccccc1Cl)NCC1(CO)CCCCC1. The fourth-order valence-electron chi connectivity index (χ4n) is 2.73. The summed E-state index contributed by atoms with van der Waals surface area (Å²) < 4.78 is 0. The van der Waals surface area contributed by atoms with E-state index in [1.807, 2.05) is 24.3 Å². The molecule has 0 spiro atoms. The highest BCUT2D eigenvalue weighted by molar-refractivity contribution is 8.00. The third-order valence-corrected chi connectivity index (χ3v) is 5.62. The molecule has 116 valence electrons. The third-order valence-electron chi connectivity index (χ3n) is 4.11. The van der Waals surface area contributed by atoms with E-state index in [0.29, 0.717) is 17.3 Å². The largest absolute Gasteiger partial charge is 0.396 e. The molecule has 2 rings (SSSR count). The number of hydrogen-bond acceptors (Lipinski definition) is 3. The Hall–Kier alpha value is -0.710. The molecule has 0 bridgehead atoms. The Bertz CT molecular complexity index is 475. The first-order chi connectivity index (χ1) is 10.2. The molecular formula is C16H22ClNO2S. The number of thioether (sulfide) groups is 1. The maximum Gasteiger partial charge on any atom is 0.230 e. The molecule has 0 radical (unpaired) electrons. The molecule has 5 heteroatoms. The zero-order valence-electron chi connectivity index (χ0n) is 12.1. The molecular weight excluding hydrogens is 306 g/mol. The van der Waals surface area contributed by atoms with Crippen molar-refractivity contribution in [1.29, 1.82) is 0 Å². The highest BCUT2D eigenvalue weighted by Crippen LogP contribution is 2.35. The van der Waals surface area contributed by atoms with Crippen molar-refractivity contribution in [2.24, 2.45) is 5.41 Å². The van der Waals surface area contributed by atoms with Crippen LogP contribution in [0.25, 0.3) is 0 Å². The van der Waals surface area contributed by atoms with Crippen LogP contribution in [0.3, 0.4) is 0 Å². The molecule has 1 saturated carbocycles. The molecule has 0 atom stereocenters. The molecule has 1 fully saturated rings. The van der Waals surface area contributed by atoms with Gasteiger partial charge in [0, 0.05) is 16.9 Å². The van der Waals surface area contributed by atoms with Gasteiger partial charge in [0.25, 0.3) is 0 Å². The highest BCUT2D eigenvalue weighted by Gasteiger charge is 2.31. The van der Waals surface area contributed by atoms with Gasteiger partial charge in [-0.25, -0.2) is 0 Å². The van der Waals surface area contributed by atoms with Crippen molar-refractivity contribution in [1.82, 2.24) is 5.32 Å². The van der Waals surface area contributed by atoms with Crippen LogP contribution in [-0.2, 0) is 4.79 Å². The van der Waals surface area contributed by atoms with E-state index in [4.69, 9.17) is 11.6 Å². The number of carbonyl (C=O) groups is 1. The van der Waals surface area contributed by atoms with Crippen LogP contribution in [0, 0.1) is 5.41 Å². The maximum absolute atomic E-state index is 12.0. The lowest BCUT2D eigenvalue weighted by Gasteiger charge is -2.35. The Labute approximate surface area is 135 Å². The minimum Gasteiger partial charge on any atom is -0.396 e. The average molecular weight is 328 g/mol. The van der Waals surface area contributed by atoms with E-state index in [1.54, 1.807) is 0 Å². The number of hydrogen-bond donors (Lipinski definition) is 2. The molecule has 0 saturated heterocycles. The molecule has 1 aliphatic carbocycles. The topological polar surface area (TPSA) is 49.3 Å². The van der Waals surface area contributed by atoms with E-state index in [2.05, 4.69) is 5.32 Å². The lowest BCUT2D eigenvalue weighted by atomic mass is 9.74. The van der Waals surface area contributed by atoms with Gasteiger partial charge in [0.1, 0.15) is 0 Å². The molecule has 0 aliphatic heterocycles. The van der Waals surface area contributed by atoms with Crippen LogP contribution in [0.1, 0.15) is 32.1 Å². The summed E-state index contributed by atoms with van der Waals surface area (Å²) in [6.45, 7) is 0.732. The first-order valence-corrected chi connectivity index (χ1v) is 8.76. The van der Waals surface area contributed by atoms with E-state index < -0.39 is 0 Å². The van der Waals surface area contributed by atoms with Gasteiger partial charge in [-0.1, -0.05) is 43.0 Å². The summed E-state index contributed by atoms with van der Waals surface area (Å²) in [5.74, 6) is 0.351. The Morgan fingerprint density at radius 2 is 2.00 bits per heavy atom. The molecule has 0 heterocycles. The Morgan fingerprint density at radius 1 is 1.29 bits per heavy atom. The van der Waals surface area contributed by atoms with Crippen molar-refractivity contribution in [3.63, 3.8) is 0 Å². The Balaban J connectivity index is 1.78. The minimum absolute atomic E-state index is 0.00156. The summed E-state index contributed by atoms with van der Waals surface area (Å²) >= 11 is 7.51. The average Bonchev–Trinajstić information content (AvgIpc) is 2.53. The molecule has 0 unspecified atom stereocenters. The van der Waals surface area contributed by atoms with Crippen molar-refractivity contribution in [2.45, 2.75) is 37.0 Å². The second-order valence-corrected chi connectivity index (χ2v) is 7.14. The predicted molar refractivity (Wildman–Crippen MR) is 87.8 cm³/mol. The van der Waals surface area contributed by atoms with Gasteiger partial charge in [-0.3, -0.25) is 4.79 Å². The number of benzene rings is 1. The fraction of sp³-hybridized carbons (Fsp3) is 0.562. The van der Waals surface area contributed by atoms with Crippen molar-refractivity contribution >= 4 is 29.3 Å². The van der Waals surface area contributed by atoms with Gasteiger partial charge in [-0.2, -0.15) is 0 Å². The van der Waals surface area contributed by atoms with Gasteiger partial charge in [-0.05, 0) is 25.0 Å². The number of halogens is 1. The fourth-order valence-corrected chi connectivity index (χ4v) is 3.80. The first-order valence-electron chi connectivity index (χ1n) is 7.40. The molecule has 21 heavy (non-hydrogen) atoms. The van der Waals surface area contributed by atoms with Crippen LogP contribution in [0.4, 0.5) is 0 Å². The second kappa shape index (κ2) is 8.06. The van der Waals surface area contributed by atoms with E-state index in [0.717, 1.165) is 30.6 Å². The zero-order valence-corrected chi connectivity index (χ0v) is 13.7. The number of amides is 1. The quantitative estimate of drug-likeness (QED) is 0.786. The van der Waals surface area contributed by atoms with E-state index in [-0.39, 0.29) is 17.9 Å². The van der Waals surface area contributed by atoms with E-state index in [9.17, 15) is 9.90 Å². The van der Waals surface area contributed by atoms with Crippen LogP contribution >= 0.6 is 23.4 Å². The summed E-state index contributed by atoms with van der Waals surface area (Å²) in [7, 11) is 0. The summed E-state index contributed by atoms with van der Waals surface area (Å²) in [6, 6.07) is 7.52. The maximum atomic E-state index is 12.0. The van der Waals surface area contributed by atoms with E-state index >= 15 is 0 Å². The molecule has 3 nitrogen and oxygen atoms in total. The van der Waals surface area contributed by atoms with Gasteiger partial charge < -0.3 is 10.4 Å². The molecule has 1 aromatic carbocycles. The predicted octanol–water partition coefficient (Wildman–Crippen LogP) is 3.49. The monoisotopic (exact) mass is 327 g/mol. The first kappa shape index (κ1) is 16.7. The summed E-state index contributed by atoms with van der Waals surface area (Å²) in [6.07, 6.45) is 5.52. The van der Waals surface area contributed by atoms with Crippen molar-refractivity contribution < 1.29 is 9.90 Å². The summed E-state index contributed by atoms with van der Waals surface area (Å²) in [4.78, 5) is 12.9. The highest BCUT2D eigenvalue weighted by atomic mass is 35.5. The number of aliphatic hydroxyl groups is 1. The van der Waals surface area contributed by atoms with Crippen molar-refractivity contribution in [3.05, 3.63) is 29.3 Å². The standard InChI is InChI=1S/C16H22ClNO2S/c17-13-6-2-3-7-14(13)21-10-15(20)18-11-16(12-19)8-4-1-5-9-16/h2-3,6-7,19H,1,4-5,8-12H2,(H,18,20). The third kappa shape index (κ3) is 4.90. The number of carbonyl (C=O) groups excluding carboxylic acids is 1. The second-order valence-electron chi connectivity index (χ2n) is 5.71. The Kier molecular flexibility index (Phi) is 6.40. The smallest absolute Gasteiger partial charge is 0.230 e. The van der Waals surface area contributed by atoms with Gasteiger partial charge >= 0.3 is 0 Å². The van der Waals surface area contributed by atoms with Crippen LogP contribution in [0.15, 0.2) is 29.2 Å². The van der Waals surface area contributed by atoms with Gasteiger partial charge in [0.2, 0.25) is 5.91 Å². The van der Waals surface area contributed by atoms with Crippen LogP contribution in [0.5, 0.6) is 0 Å². The Morgan fingerprint density at radius 3 is 2.67 bits per heavy atom. The number of aliphatic hydroxyl groups excluding tert-OH is 1. The molecule has 1 aromatic rings. The van der Waals surface area contributed by atoms with Gasteiger partial charge in [-0.15, -0.1) is 11.8 Å². The number of rotatable bonds is 6. The lowest BCUT2D eigenvalue weighted by molar-refractivity contribution is -0.119. The lowest BCUT2D eigenvalue weighted by Crippen LogP contribution is -2.42. The minimum atomic E-state index is -0.108. The molecule has 0 aromatic heterocycles. The normalized spacial score (nSPS) is 17.4. The van der Waals surface area contributed by atoms with E-state index in [1.165, 1.54) is 18.2 Å².